The van der Waals surface area contributed by atoms with Gasteiger partial charge >= 0.3 is 5.69 Å². The van der Waals surface area contributed by atoms with Crippen LogP contribution >= 0.6 is 12.4 Å². The predicted molar refractivity (Wildman–Crippen MR) is 63.2 cm³/mol. The highest BCUT2D eigenvalue weighted by Gasteiger charge is 2.43. The molecule has 1 fully saturated rings. The van der Waals surface area contributed by atoms with Crippen LogP contribution in [0.3, 0.4) is 0 Å². The predicted octanol–water partition coefficient (Wildman–Crippen LogP) is -2.14. The Morgan fingerprint density at radius 1 is 1.44 bits per heavy atom. The molecule has 5 N–H and O–H groups in total. The summed E-state index contributed by atoms with van der Waals surface area (Å²) in [6.45, 7) is -0.453. The molecule has 0 aliphatic carbocycles. The lowest BCUT2D eigenvalue weighted by Gasteiger charge is -2.16. The number of rotatable bonds is 2. The van der Waals surface area contributed by atoms with Crippen molar-refractivity contribution in [2.45, 2.75) is 24.5 Å². The molecule has 1 saturated heterocycles. The maximum absolute atomic E-state index is 11.5. The van der Waals surface area contributed by atoms with Crippen molar-refractivity contribution in [3.05, 3.63) is 22.7 Å². The zero-order chi connectivity index (χ0) is 12.6. The van der Waals surface area contributed by atoms with Gasteiger partial charge in [-0.3, -0.25) is 4.57 Å². The van der Waals surface area contributed by atoms with E-state index in [0.29, 0.717) is 0 Å². The lowest BCUT2D eigenvalue weighted by Crippen LogP contribution is -2.36. The molecule has 8 nitrogen and oxygen atoms in total. The van der Waals surface area contributed by atoms with E-state index in [-0.39, 0.29) is 18.2 Å². The maximum atomic E-state index is 11.5. The van der Waals surface area contributed by atoms with E-state index in [1.807, 2.05) is 0 Å². The molecule has 0 saturated carbocycles. The van der Waals surface area contributed by atoms with Gasteiger partial charge < -0.3 is 25.8 Å². The molecule has 1 aliphatic heterocycles. The second-order valence-electron chi connectivity index (χ2n) is 3.77. The first-order valence-corrected chi connectivity index (χ1v) is 5.01. The molecule has 18 heavy (non-hydrogen) atoms. The fourth-order valence-electron chi connectivity index (χ4n) is 1.73. The SMILES string of the molecule is Cl.Nc1ccn(C2OC(CO)C(O)C2O)c(=O)n1. The summed E-state index contributed by atoms with van der Waals surface area (Å²) in [6.07, 6.45) is -3.27. The molecule has 1 aliphatic rings. The molecule has 0 amide bonds. The smallest absolute Gasteiger partial charge is 0.351 e. The highest BCUT2D eigenvalue weighted by atomic mass is 35.5. The van der Waals surface area contributed by atoms with Crippen molar-refractivity contribution < 1.29 is 20.1 Å². The largest absolute Gasteiger partial charge is 0.394 e. The van der Waals surface area contributed by atoms with Crippen molar-refractivity contribution in [1.29, 1.82) is 0 Å². The summed E-state index contributed by atoms with van der Waals surface area (Å²) in [4.78, 5) is 15.0. The Hall–Kier alpha value is -1.19. The number of nitrogens with zero attached hydrogens (tertiary/aromatic N) is 2. The van der Waals surface area contributed by atoms with E-state index in [1.165, 1.54) is 12.3 Å². The maximum Gasteiger partial charge on any atom is 0.351 e. The van der Waals surface area contributed by atoms with Gasteiger partial charge in [0.25, 0.3) is 0 Å². The molecule has 1 aromatic heterocycles. The second-order valence-corrected chi connectivity index (χ2v) is 3.77. The number of nitrogen functional groups attached to an aromatic ring is 1. The minimum atomic E-state index is -1.31. The fraction of sp³-hybridized carbons (Fsp3) is 0.556. The van der Waals surface area contributed by atoms with E-state index in [0.717, 1.165) is 4.57 Å². The van der Waals surface area contributed by atoms with Gasteiger partial charge in [0.15, 0.2) is 6.23 Å². The summed E-state index contributed by atoms with van der Waals surface area (Å²) < 4.78 is 6.19. The van der Waals surface area contributed by atoms with Gasteiger partial charge in [-0.25, -0.2) is 4.79 Å². The van der Waals surface area contributed by atoms with Crippen LogP contribution in [0.15, 0.2) is 17.1 Å². The Morgan fingerprint density at radius 3 is 2.61 bits per heavy atom. The first kappa shape index (κ1) is 14.9. The normalized spacial score (nSPS) is 31.1. The number of ether oxygens (including phenoxy) is 1. The van der Waals surface area contributed by atoms with Crippen molar-refractivity contribution in [3.63, 3.8) is 0 Å². The standard InChI is InChI=1S/C9H13N3O5.ClH/c10-5-1-2-12(9(16)11-5)8-7(15)6(14)4(3-13)17-8;/h1-2,4,6-8,13-15H,3H2,(H2,10,11,16);1H. The van der Waals surface area contributed by atoms with Crippen LogP contribution in [0.4, 0.5) is 5.82 Å². The van der Waals surface area contributed by atoms with Gasteiger partial charge in [-0.05, 0) is 6.07 Å². The molecule has 1 aromatic rings. The highest BCUT2D eigenvalue weighted by molar-refractivity contribution is 5.85. The van der Waals surface area contributed by atoms with E-state index in [4.69, 9.17) is 15.6 Å². The molecule has 0 bridgehead atoms. The van der Waals surface area contributed by atoms with Gasteiger partial charge in [-0.1, -0.05) is 0 Å². The molecular formula is C9H14ClN3O5. The van der Waals surface area contributed by atoms with Crippen LogP contribution in [0.2, 0.25) is 0 Å². The van der Waals surface area contributed by atoms with E-state index >= 15 is 0 Å². The summed E-state index contributed by atoms with van der Waals surface area (Å²) in [7, 11) is 0. The van der Waals surface area contributed by atoms with Crippen molar-refractivity contribution in [2.24, 2.45) is 0 Å². The zero-order valence-corrected chi connectivity index (χ0v) is 10.0. The van der Waals surface area contributed by atoms with Crippen molar-refractivity contribution in [1.82, 2.24) is 9.55 Å². The lowest BCUT2D eigenvalue weighted by atomic mass is 10.1. The minimum Gasteiger partial charge on any atom is -0.394 e. The number of halogens is 1. The van der Waals surface area contributed by atoms with Gasteiger partial charge in [0.2, 0.25) is 0 Å². The minimum absolute atomic E-state index is 0. The number of aliphatic hydroxyl groups excluding tert-OH is 3. The second kappa shape index (κ2) is 5.63. The molecule has 9 heteroatoms. The van der Waals surface area contributed by atoms with Crippen LogP contribution in [-0.4, -0.2) is 49.8 Å². The first-order chi connectivity index (χ1) is 8.04. The van der Waals surface area contributed by atoms with Crippen molar-refractivity contribution in [3.8, 4) is 0 Å². The number of hydrogen-bond donors (Lipinski definition) is 4. The summed E-state index contributed by atoms with van der Waals surface area (Å²) in [5.41, 5.74) is 4.63. The van der Waals surface area contributed by atoms with Gasteiger partial charge in [0.1, 0.15) is 24.1 Å². The first-order valence-electron chi connectivity index (χ1n) is 5.01. The molecular weight excluding hydrogens is 266 g/mol. The van der Waals surface area contributed by atoms with E-state index in [1.54, 1.807) is 0 Å². The molecule has 0 spiro atoms. The average Bonchev–Trinajstić information content (AvgIpc) is 2.57. The Kier molecular flexibility index (Phi) is 4.65. The van der Waals surface area contributed by atoms with Crippen LogP contribution in [0.1, 0.15) is 6.23 Å². The number of nitrogens with two attached hydrogens (primary N) is 1. The van der Waals surface area contributed by atoms with Gasteiger partial charge in [0, 0.05) is 6.20 Å². The third-order valence-electron chi connectivity index (χ3n) is 2.64. The molecule has 2 heterocycles. The molecule has 0 radical (unpaired) electrons. The van der Waals surface area contributed by atoms with Crippen LogP contribution < -0.4 is 11.4 Å². The Morgan fingerprint density at radius 2 is 2.11 bits per heavy atom. The van der Waals surface area contributed by atoms with Crippen LogP contribution in [0.5, 0.6) is 0 Å². The number of hydrogen-bond acceptors (Lipinski definition) is 7. The quantitative estimate of drug-likeness (QED) is 0.486. The summed E-state index contributed by atoms with van der Waals surface area (Å²) >= 11 is 0. The third-order valence-corrected chi connectivity index (χ3v) is 2.64. The van der Waals surface area contributed by atoms with E-state index in [9.17, 15) is 15.0 Å². The monoisotopic (exact) mass is 279 g/mol. The van der Waals surface area contributed by atoms with Crippen LogP contribution in [0, 0.1) is 0 Å². The van der Waals surface area contributed by atoms with Gasteiger partial charge in [-0.15, -0.1) is 12.4 Å². The number of anilines is 1. The number of aliphatic hydroxyl groups is 3. The molecule has 4 unspecified atom stereocenters. The molecule has 4 atom stereocenters. The van der Waals surface area contributed by atoms with Crippen molar-refractivity contribution in [2.75, 3.05) is 12.3 Å². The Labute approximate surface area is 108 Å². The van der Waals surface area contributed by atoms with E-state index in [2.05, 4.69) is 4.98 Å². The Balaban J connectivity index is 0.00000162. The van der Waals surface area contributed by atoms with Gasteiger partial charge in [-0.2, -0.15) is 4.98 Å². The third kappa shape index (κ3) is 2.47. The Bertz CT molecular complexity index is 468. The van der Waals surface area contributed by atoms with Gasteiger partial charge in [0.05, 0.1) is 6.61 Å². The van der Waals surface area contributed by atoms with Crippen LogP contribution in [-0.2, 0) is 4.74 Å². The lowest BCUT2D eigenvalue weighted by molar-refractivity contribution is -0.0549. The topological polar surface area (TPSA) is 131 Å². The van der Waals surface area contributed by atoms with Crippen LogP contribution in [0.25, 0.3) is 0 Å². The fourth-order valence-corrected chi connectivity index (χ4v) is 1.73. The molecule has 2 rings (SSSR count). The summed E-state index contributed by atoms with van der Waals surface area (Å²) in [5.74, 6) is 0.0537. The molecule has 0 aromatic carbocycles. The summed E-state index contributed by atoms with van der Waals surface area (Å²) in [6, 6.07) is 1.37. The van der Waals surface area contributed by atoms with Crippen molar-refractivity contribution >= 4 is 18.2 Å². The summed E-state index contributed by atoms with van der Waals surface area (Å²) in [5, 5.41) is 28.2. The average molecular weight is 280 g/mol. The highest BCUT2D eigenvalue weighted by Crippen LogP contribution is 2.27. The number of aromatic nitrogens is 2. The zero-order valence-electron chi connectivity index (χ0n) is 9.21. The van der Waals surface area contributed by atoms with E-state index < -0.39 is 36.8 Å². The molecule has 102 valence electrons.